The first-order chi connectivity index (χ1) is 15.8. The lowest BCUT2D eigenvalue weighted by Gasteiger charge is -2.41. The van der Waals surface area contributed by atoms with E-state index in [1.165, 1.54) is 12.4 Å². The third kappa shape index (κ3) is 5.66. The van der Waals surface area contributed by atoms with Crippen LogP contribution in [0.25, 0.3) is 0 Å². The molecule has 0 bridgehead atoms. The molecule has 33 heavy (non-hydrogen) atoms. The van der Waals surface area contributed by atoms with Crippen LogP contribution in [0.1, 0.15) is 41.3 Å². The predicted molar refractivity (Wildman–Crippen MR) is 129 cm³/mol. The van der Waals surface area contributed by atoms with Crippen LogP contribution in [0, 0.1) is 6.92 Å². The molecule has 0 saturated carbocycles. The van der Waals surface area contributed by atoms with Gasteiger partial charge in [0.15, 0.2) is 0 Å². The first kappa shape index (κ1) is 24.0. The number of ether oxygens (including phenoxy) is 1. The summed E-state index contributed by atoms with van der Waals surface area (Å²) < 4.78 is 5.59. The molecule has 2 aliphatic heterocycles. The maximum atomic E-state index is 12.8. The lowest BCUT2D eigenvalue weighted by molar-refractivity contribution is -0.145. The van der Waals surface area contributed by atoms with Crippen molar-refractivity contribution in [2.24, 2.45) is 0 Å². The highest BCUT2D eigenvalue weighted by Gasteiger charge is 2.34. The zero-order valence-corrected chi connectivity index (χ0v) is 20.3. The number of amides is 2. The highest BCUT2D eigenvalue weighted by molar-refractivity contribution is 6.31. The summed E-state index contributed by atoms with van der Waals surface area (Å²) in [7, 11) is 0. The summed E-state index contributed by atoms with van der Waals surface area (Å²) in [6, 6.07) is 5.35. The minimum Gasteiger partial charge on any atom is -0.368 e. The summed E-state index contributed by atoms with van der Waals surface area (Å²) >= 11 is 12.4. The molecule has 2 fully saturated rings. The van der Waals surface area contributed by atoms with Gasteiger partial charge in [-0.2, -0.15) is 0 Å². The zero-order valence-electron chi connectivity index (χ0n) is 18.8. The number of anilines is 1. The molecule has 3 heterocycles. The molecule has 4 rings (SSSR count). The Morgan fingerprint density at radius 3 is 2.70 bits per heavy atom. The lowest BCUT2D eigenvalue weighted by Crippen LogP contribution is -2.55. The van der Waals surface area contributed by atoms with Crippen LogP contribution in [-0.2, 0) is 16.1 Å². The van der Waals surface area contributed by atoms with Crippen molar-refractivity contribution in [2.45, 2.75) is 45.4 Å². The van der Waals surface area contributed by atoms with Gasteiger partial charge in [0, 0.05) is 61.9 Å². The quantitative estimate of drug-likeness (QED) is 0.680. The van der Waals surface area contributed by atoms with Crippen molar-refractivity contribution in [3.8, 4) is 0 Å². The molecule has 0 aliphatic carbocycles. The standard InChI is InChI=1S/C24H28Cl2N4O3/c1-15-13-29(5-6-30(15)24(32)22-4-3-7-33-22)14-18-9-19(25)10-21(16(18)2)28-23(31)17-8-20(26)12-27-11-17/h8-12,15,22H,3-7,13-14H2,1-2H3,(H,28,31)/t15-,22+/m0/s1. The number of nitrogens with one attached hydrogen (secondary N) is 1. The van der Waals surface area contributed by atoms with E-state index in [2.05, 4.69) is 22.1 Å². The number of pyridine rings is 1. The molecular formula is C24H28Cl2N4O3. The molecule has 176 valence electrons. The summed E-state index contributed by atoms with van der Waals surface area (Å²) in [6.45, 7) is 7.61. The summed E-state index contributed by atoms with van der Waals surface area (Å²) in [5, 5.41) is 3.88. The van der Waals surface area contributed by atoms with Gasteiger partial charge in [0.1, 0.15) is 6.10 Å². The van der Waals surface area contributed by atoms with Crippen molar-refractivity contribution in [3.63, 3.8) is 0 Å². The summed E-state index contributed by atoms with van der Waals surface area (Å²) in [6.07, 6.45) is 4.44. The van der Waals surface area contributed by atoms with Crippen molar-refractivity contribution >= 4 is 40.7 Å². The number of carbonyl (C=O) groups is 2. The Morgan fingerprint density at radius 1 is 1.18 bits per heavy atom. The number of benzene rings is 1. The van der Waals surface area contributed by atoms with Gasteiger partial charge in [-0.05, 0) is 56.0 Å². The van der Waals surface area contributed by atoms with Crippen LogP contribution in [0.3, 0.4) is 0 Å². The molecule has 1 N–H and O–H groups in total. The molecule has 2 aromatic rings. The van der Waals surface area contributed by atoms with E-state index in [0.29, 0.717) is 41.0 Å². The summed E-state index contributed by atoms with van der Waals surface area (Å²) in [5.41, 5.74) is 3.02. The van der Waals surface area contributed by atoms with Crippen molar-refractivity contribution < 1.29 is 14.3 Å². The number of hydrogen-bond acceptors (Lipinski definition) is 5. The van der Waals surface area contributed by atoms with E-state index < -0.39 is 0 Å². The maximum absolute atomic E-state index is 12.8. The van der Waals surface area contributed by atoms with E-state index >= 15 is 0 Å². The molecule has 1 aromatic heterocycles. The Labute approximate surface area is 204 Å². The van der Waals surface area contributed by atoms with Crippen LogP contribution >= 0.6 is 23.2 Å². The topological polar surface area (TPSA) is 74.8 Å². The van der Waals surface area contributed by atoms with Gasteiger partial charge in [0.05, 0.1) is 10.6 Å². The Hall–Kier alpha value is -2.19. The number of aromatic nitrogens is 1. The van der Waals surface area contributed by atoms with Crippen LogP contribution < -0.4 is 5.32 Å². The van der Waals surface area contributed by atoms with Gasteiger partial charge >= 0.3 is 0 Å². The number of halogens is 2. The molecule has 2 saturated heterocycles. The van der Waals surface area contributed by atoms with E-state index in [-0.39, 0.29) is 24.0 Å². The average Bonchev–Trinajstić information content (AvgIpc) is 3.31. The number of piperazine rings is 1. The van der Waals surface area contributed by atoms with Crippen molar-refractivity contribution in [1.82, 2.24) is 14.8 Å². The zero-order chi connectivity index (χ0) is 23.5. The van der Waals surface area contributed by atoms with Gasteiger partial charge in [-0.3, -0.25) is 19.5 Å². The highest BCUT2D eigenvalue weighted by Crippen LogP contribution is 2.28. The number of nitrogens with zero attached hydrogens (tertiary/aromatic N) is 3. The molecular weight excluding hydrogens is 463 g/mol. The number of carbonyl (C=O) groups excluding carboxylic acids is 2. The van der Waals surface area contributed by atoms with E-state index in [1.807, 2.05) is 17.9 Å². The Bertz CT molecular complexity index is 1040. The minimum absolute atomic E-state index is 0.101. The van der Waals surface area contributed by atoms with Crippen LogP contribution in [0.4, 0.5) is 5.69 Å². The van der Waals surface area contributed by atoms with Crippen molar-refractivity contribution in [1.29, 1.82) is 0 Å². The normalized spacial score (nSPS) is 21.3. The van der Waals surface area contributed by atoms with Crippen LogP contribution in [0.2, 0.25) is 10.0 Å². The number of hydrogen-bond donors (Lipinski definition) is 1. The smallest absolute Gasteiger partial charge is 0.257 e. The molecule has 7 nitrogen and oxygen atoms in total. The number of rotatable bonds is 5. The van der Waals surface area contributed by atoms with E-state index in [1.54, 1.807) is 12.1 Å². The van der Waals surface area contributed by atoms with Gasteiger partial charge in [-0.1, -0.05) is 23.2 Å². The summed E-state index contributed by atoms with van der Waals surface area (Å²) in [5.74, 6) is -0.185. The van der Waals surface area contributed by atoms with Gasteiger partial charge in [-0.15, -0.1) is 0 Å². The summed E-state index contributed by atoms with van der Waals surface area (Å²) in [4.78, 5) is 33.7. The first-order valence-corrected chi connectivity index (χ1v) is 11.9. The molecule has 2 aliphatic rings. The molecule has 1 aromatic carbocycles. The fourth-order valence-corrected chi connectivity index (χ4v) is 4.88. The van der Waals surface area contributed by atoms with Gasteiger partial charge in [0.25, 0.3) is 11.8 Å². The second-order valence-corrected chi connectivity index (χ2v) is 9.57. The van der Waals surface area contributed by atoms with Gasteiger partial charge < -0.3 is 15.0 Å². The van der Waals surface area contributed by atoms with Gasteiger partial charge in [0.2, 0.25) is 0 Å². The predicted octanol–water partition coefficient (Wildman–Crippen LogP) is 4.16. The fourth-order valence-electron chi connectivity index (χ4n) is 4.46. The minimum atomic E-state index is -0.295. The monoisotopic (exact) mass is 490 g/mol. The van der Waals surface area contributed by atoms with E-state index in [0.717, 1.165) is 37.1 Å². The largest absolute Gasteiger partial charge is 0.368 e. The van der Waals surface area contributed by atoms with E-state index in [4.69, 9.17) is 27.9 Å². The molecule has 2 atom stereocenters. The fraction of sp³-hybridized carbons (Fsp3) is 0.458. The van der Waals surface area contributed by atoms with Crippen LogP contribution in [-0.4, -0.2) is 65.0 Å². The maximum Gasteiger partial charge on any atom is 0.257 e. The second-order valence-electron chi connectivity index (χ2n) is 8.70. The highest BCUT2D eigenvalue weighted by atomic mass is 35.5. The SMILES string of the molecule is Cc1c(CN2CCN(C(=O)[C@H]3CCCO3)[C@@H](C)C2)cc(Cl)cc1NC(=O)c1cncc(Cl)c1. The third-order valence-electron chi connectivity index (χ3n) is 6.29. The van der Waals surface area contributed by atoms with Crippen molar-refractivity contribution in [3.05, 3.63) is 57.3 Å². The molecule has 9 heteroatoms. The van der Waals surface area contributed by atoms with Gasteiger partial charge in [-0.25, -0.2) is 0 Å². The van der Waals surface area contributed by atoms with E-state index in [9.17, 15) is 9.59 Å². The first-order valence-electron chi connectivity index (χ1n) is 11.2. The molecule has 0 radical (unpaired) electrons. The Kier molecular flexibility index (Phi) is 7.54. The lowest BCUT2D eigenvalue weighted by atomic mass is 10.0. The van der Waals surface area contributed by atoms with Crippen molar-refractivity contribution in [2.75, 3.05) is 31.6 Å². The average molecular weight is 491 g/mol. The molecule has 2 amide bonds. The van der Waals surface area contributed by atoms with Crippen LogP contribution in [0.5, 0.6) is 0 Å². The molecule has 0 spiro atoms. The second kappa shape index (κ2) is 10.4. The van der Waals surface area contributed by atoms with Crippen LogP contribution in [0.15, 0.2) is 30.6 Å². The third-order valence-corrected chi connectivity index (χ3v) is 6.71. The molecule has 0 unspecified atom stereocenters. The Morgan fingerprint density at radius 2 is 2.00 bits per heavy atom. The Balaban J connectivity index is 1.43.